The van der Waals surface area contributed by atoms with Crippen LogP contribution in [0.25, 0.3) is 0 Å². The normalized spacial score (nSPS) is 14.6. The number of hydrogen-bond acceptors (Lipinski definition) is 4. The van der Waals surface area contributed by atoms with Gasteiger partial charge in [0.15, 0.2) is 5.11 Å². The molecule has 0 unspecified atom stereocenters. The standard InChI is InChI=1S/C22H37N3O2S/c1-3-4-5-6-7-12-23-22(28)25(14-13-24-15-17-27-18-16-24)19-20-8-10-21(26-2)11-9-20/h8-11H,3-7,12-19H2,1-2H3,(H,23,28). The Morgan fingerprint density at radius 2 is 1.86 bits per heavy atom. The van der Waals surface area contributed by atoms with Gasteiger partial charge in [-0.25, -0.2) is 0 Å². The first-order valence-electron chi connectivity index (χ1n) is 10.7. The molecule has 0 radical (unpaired) electrons. The molecule has 1 aromatic rings. The van der Waals surface area contributed by atoms with E-state index in [1.165, 1.54) is 37.7 Å². The van der Waals surface area contributed by atoms with Gasteiger partial charge in [0.25, 0.3) is 0 Å². The van der Waals surface area contributed by atoms with Crippen LogP contribution in [0.4, 0.5) is 0 Å². The molecule has 1 aromatic carbocycles. The molecule has 2 rings (SSSR count). The number of benzene rings is 1. The van der Waals surface area contributed by atoms with E-state index in [2.05, 4.69) is 34.2 Å². The Bertz CT molecular complexity index is 547. The Balaban J connectivity index is 1.85. The molecule has 0 amide bonds. The molecule has 1 heterocycles. The summed E-state index contributed by atoms with van der Waals surface area (Å²) < 4.78 is 10.7. The predicted octanol–water partition coefficient (Wildman–Crippen LogP) is 3.67. The van der Waals surface area contributed by atoms with E-state index in [0.717, 1.165) is 63.3 Å². The van der Waals surface area contributed by atoms with Crippen molar-refractivity contribution in [3.8, 4) is 5.75 Å². The van der Waals surface area contributed by atoms with Crippen molar-refractivity contribution in [2.24, 2.45) is 0 Å². The maximum Gasteiger partial charge on any atom is 0.169 e. The van der Waals surface area contributed by atoms with Crippen molar-refractivity contribution < 1.29 is 9.47 Å². The van der Waals surface area contributed by atoms with E-state index in [9.17, 15) is 0 Å². The molecule has 28 heavy (non-hydrogen) atoms. The lowest BCUT2D eigenvalue weighted by molar-refractivity contribution is 0.0357. The van der Waals surface area contributed by atoms with E-state index >= 15 is 0 Å². The maximum absolute atomic E-state index is 5.74. The fourth-order valence-electron chi connectivity index (χ4n) is 3.33. The van der Waals surface area contributed by atoms with Crippen molar-refractivity contribution in [3.05, 3.63) is 29.8 Å². The summed E-state index contributed by atoms with van der Waals surface area (Å²) in [5.74, 6) is 0.886. The number of thiocarbonyl (C=S) groups is 1. The molecule has 1 fully saturated rings. The van der Waals surface area contributed by atoms with Crippen molar-refractivity contribution in [2.75, 3.05) is 53.0 Å². The maximum atomic E-state index is 5.74. The molecule has 0 aliphatic carbocycles. The Kier molecular flexibility index (Phi) is 11.3. The topological polar surface area (TPSA) is 37.0 Å². The first kappa shape index (κ1) is 22.9. The highest BCUT2D eigenvalue weighted by atomic mass is 32.1. The quantitative estimate of drug-likeness (QED) is 0.421. The van der Waals surface area contributed by atoms with Gasteiger partial charge < -0.3 is 19.7 Å². The molecule has 0 aromatic heterocycles. The van der Waals surface area contributed by atoms with Gasteiger partial charge in [0, 0.05) is 39.3 Å². The summed E-state index contributed by atoms with van der Waals surface area (Å²) in [6.07, 6.45) is 6.38. The van der Waals surface area contributed by atoms with E-state index in [1.807, 2.05) is 12.1 Å². The number of morpholine rings is 1. The summed E-state index contributed by atoms with van der Waals surface area (Å²) >= 11 is 5.74. The number of nitrogens with zero attached hydrogens (tertiary/aromatic N) is 2. The van der Waals surface area contributed by atoms with Crippen LogP contribution in [0.15, 0.2) is 24.3 Å². The summed E-state index contributed by atoms with van der Waals surface area (Å²) in [5, 5.41) is 4.34. The minimum atomic E-state index is 0.815. The van der Waals surface area contributed by atoms with Crippen LogP contribution in [0.5, 0.6) is 5.75 Å². The summed E-state index contributed by atoms with van der Waals surface area (Å²) in [7, 11) is 1.70. The highest BCUT2D eigenvalue weighted by Crippen LogP contribution is 2.13. The first-order chi connectivity index (χ1) is 13.7. The van der Waals surface area contributed by atoms with Gasteiger partial charge in [-0.15, -0.1) is 0 Å². The summed E-state index contributed by atoms with van der Waals surface area (Å²) in [5.41, 5.74) is 1.25. The summed E-state index contributed by atoms with van der Waals surface area (Å²) in [6, 6.07) is 8.27. The van der Waals surface area contributed by atoms with Gasteiger partial charge >= 0.3 is 0 Å². The van der Waals surface area contributed by atoms with Gasteiger partial charge in [0.2, 0.25) is 0 Å². The van der Waals surface area contributed by atoms with Gasteiger partial charge in [-0.3, -0.25) is 4.90 Å². The molecule has 6 heteroatoms. The third-order valence-electron chi connectivity index (χ3n) is 5.17. The molecule has 1 aliphatic rings. The molecule has 0 saturated carbocycles. The zero-order chi connectivity index (χ0) is 20.0. The van der Waals surface area contributed by atoms with Crippen LogP contribution >= 0.6 is 12.2 Å². The number of hydrogen-bond donors (Lipinski definition) is 1. The molecule has 5 nitrogen and oxygen atoms in total. The second-order valence-electron chi connectivity index (χ2n) is 7.37. The number of unbranched alkanes of at least 4 members (excludes halogenated alkanes) is 4. The Morgan fingerprint density at radius 3 is 2.54 bits per heavy atom. The number of methoxy groups -OCH3 is 1. The first-order valence-corrected chi connectivity index (χ1v) is 11.1. The average Bonchev–Trinajstić information content (AvgIpc) is 2.74. The predicted molar refractivity (Wildman–Crippen MR) is 120 cm³/mol. The minimum Gasteiger partial charge on any atom is -0.497 e. The lowest BCUT2D eigenvalue weighted by Crippen LogP contribution is -2.45. The molecular weight excluding hydrogens is 370 g/mol. The lowest BCUT2D eigenvalue weighted by atomic mass is 10.1. The Hall–Kier alpha value is -1.37. The number of ether oxygens (including phenoxy) is 2. The van der Waals surface area contributed by atoms with Crippen LogP contribution in [-0.2, 0) is 11.3 Å². The molecule has 1 aliphatic heterocycles. The van der Waals surface area contributed by atoms with Gasteiger partial charge in [0.05, 0.1) is 20.3 Å². The molecular formula is C22H37N3O2S. The van der Waals surface area contributed by atoms with E-state index < -0.39 is 0 Å². The van der Waals surface area contributed by atoms with Gasteiger partial charge in [0.1, 0.15) is 5.75 Å². The SMILES string of the molecule is CCCCCCCNC(=S)N(CCN1CCOCC1)Cc1ccc(OC)cc1. The fraction of sp³-hybridized carbons (Fsp3) is 0.682. The van der Waals surface area contributed by atoms with Crippen LogP contribution in [0, 0.1) is 0 Å². The Morgan fingerprint density at radius 1 is 1.14 bits per heavy atom. The van der Waals surface area contributed by atoms with Gasteiger partial charge in [-0.2, -0.15) is 0 Å². The number of rotatable bonds is 12. The fourth-order valence-corrected chi connectivity index (χ4v) is 3.58. The van der Waals surface area contributed by atoms with Gasteiger partial charge in [-0.1, -0.05) is 44.7 Å². The summed E-state index contributed by atoms with van der Waals surface area (Å²) in [6.45, 7) is 9.64. The molecule has 0 atom stereocenters. The molecule has 1 N–H and O–H groups in total. The monoisotopic (exact) mass is 407 g/mol. The molecule has 158 valence electrons. The van der Waals surface area contributed by atoms with E-state index in [4.69, 9.17) is 21.7 Å². The van der Waals surface area contributed by atoms with E-state index in [1.54, 1.807) is 7.11 Å². The highest BCUT2D eigenvalue weighted by Gasteiger charge is 2.15. The van der Waals surface area contributed by atoms with Crippen molar-refractivity contribution >= 4 is 17.3 Å². The van der Waals surface area contributed by atoms with Crippen molar-refractivity contribution in [3.63, 3.8) is 0 Å². The summed E-state index contributed by atoms with van der Waals surface area (Å²) in [4.78, 5) is 4.75. The van der Waals surface area contributed by atoms with E-state index in [-0.39, 0.29) is 0 Å². The van der Waals surface area contributed by atoms with Crippen LogP contribution < -0.4 is 10.1 Å². The average molecular weight is 408 g/mol. The second-order valence-corrected chi connectivity index (χ2v) is 7.76. The van der Waals surface area contributed by atoms with Crippen molar-refractivity contribution in [1.82, 2.24) is 15.1 Å². The lowest BCUT2D eigenvalue weighted by Gasteiger charge is -2.31. The minimum absolute atomic E-state index is 0.815. The molecule has 0 spiro atoms. The van der Waals surface area contributed by atoms with Crippen molar-refractivity contribution in [1.29, 1.82) is 0 Å². The van der Waals surface area contributed by atoms with Crippen LogP contribution in [-0.4, -0.2) is 68.0 Å². The zero-order valence-corrected chi connectivity index (χ0v) is 18.4. The van der Waals surface area contributed by atoms with E-state index in [0.29, 0.717) is 0 Å². The van der Waals surface area contributed by atoms with Crippen LogP contribution in [0.1, 0.15) is 44.6 Å². The zero-order valence-electron chi connectivity index (χ0n) is 17.6. The van der Waals surface area contributed by atoms with Crippen molar-refractivity contribution in [2.45, 2.75) is 45.6 Å². The largest absolute Gasteiger partial charge is 0.497 e. The van der Waals surface area contributed by atoms with Crippen LogP contribution in [0.3, 0.4) is 0 Å². The smallest absolute Gasteiger partial charge is 0.169 e. The Labute approximate surface area is 176 Å². The van der Waals surface area contributed by atoms with Gasteiger partial charge in [-0.05, 0) is 36.3 Å². The van der Waals surface area contributed by atoms with Crippen LogP contribution in [0.2, 0.25) is 0 Å². The molecule has 0 bridgehead atoms. The molecule has 1 saturated heterocycles. The second kappa shape index (κ2) is 13.7. The third-order valence-corrected chi connectivity index (χ3v) is 5.57. The third kappa shape index (κ3) is 8.76. The number of nitrogens with one attached hydrogen (secondary N) is 1. The highest BCUT2D eigenvalue weighted by molar-refractivity contribution is 7.80.